The lowest BCUT2D eigenvalue weighted by Crippen LogP contribution is -2.19. The summed E-state index contributed by atoms with van der Waals surface area (Å²) < 4.78 is 15.7. The Morgan fingerprint density at radius 3 is 2.76 bits per heavy atom. The Kier molecular flexibility index (Phi) is 3.89. The minimum Gasteiger partial charge on any atom is -0.350 e. The molecule has 0 saturated carbocycles. The number of thioether (sulfide) groups is 1. The number of nitrogens with one attached hydrogen (secondary N) is 1. The topological polar surface area (TPSA) is 46.4 Å². The van der Waals surface area contributed by atoms with Crippen molar-refractivity contribution in [3.8, 4) is 0 Å². The minimum atomic E-state index is -0.420. The zero-order valence-electron chi connectivity index (χ0n) is 13.4. The number of benzene rings is 2. The first kappa shape index (κ1) is 15.7. The normalized spacial score (nSPS) is 17.6. The summed E-state index contributed by atoms with van der Waals surface area (Å²) in [5.41, 5.74) is 2.26. The molecule has 1 N–H and O–H groups in total. The van der Waals surface area contributed by atoms with E-state index in [1.165, 1.54) is 17.8 Å². The van der Waals surface area contributed by atoms with Gasteiger partial charge in [-0.25, -0.2) is 9.38 Å². The van der Waals surface area contributed by atoms with Crippen molar-refractivity contribution in [1.29, 1.82) is 0 Å². The Labute approximate surface area is 148 Å². The van der Waals surface area contributed by atoms with Gasteiger partial charge in [0.25, 0.3) is 5.91 Å². The molecular formula is C19H14FN3OS. The Hall–Kier alpha value is -2.86. The lowest BCUT2D eigenvalue weighted by atomic mass is 10.1. The maximum atomic E-state index is 13.7. The molecule has 1 aliphatic rings. The second-order valence-electron chi connectivity index (χ2n) is 5.65. The second-order valence-corrected chi connectivity index (χ2v) is 6.68. The van der Waals surface area contributed by atoms with E-state index in [2.05, 4.69) is 10.3 Å². The molecular weight excluding hydrogens is 337 g/mol. The van der Waals surface area contributed by atoms with E-state index in [4.69, 9.17) is 0 Å². The Morgan fingerprint density at radius 1 is 1.16 bits per heavy atom. The van der Waals surface area contributed by atoms with Crippen LogP contribution in [-0.4, -0.2) is 15.6 Å². The molecule has 3 aromatic rings. The third-order valence-electron chi connectivity index (χ3n) is 3.94. The number of fused-ring (bicyclic) bond motifs is 1. The van der Waals surface area contributed by atoms with Crippen LogP contribution in [0.3, 0.4) is 0 Å². The molecule has 2 heterocycles. The number of halogens is 1. The van der Waals surface area contributed by atoms with Crippen molar-refractivity contribution in [3.63, 3.8) is 0 Å². The molecule has 4 rings (SSSR count). The summed E-state index contributed by atoms with van der Waals surface area (Å²) in [5.74, 6) is -0.649. The van der Waals surface area contributed by atoms with Crippen LogP contribution in [0.2, 0.25) is 0 Å². The van der Waals surface area contributed by atoms with E-state index >= 15 is 0 Å². The van der Waals surface area contributed by atoms with Crippen LogP contribution < -0.4 is 5.32 Å². The van der Waals surface area contributed by atoms with Crippen molar-refractivity contribution >= 4 is 45.5 Å². The van der Waals surface area contributed by atoms with Gasteiger partial charge in [0, 0.05) is 29.7 Å². The van der Waals surface area contributed by atoms with Gasteiger partial charge in [-0.15, -0.1) is 0 Å². The van der Waals surface area contributed by atoms with Crippen molar-refractivity contribution in [1.82, 2.24) is 9.88 Å². The zero-order valence-corrected chi connectivity index (χ0v) is 14.2. The van der Waals surface area contributed by atoms with Crippen LogP contribution in [0, 0.1) is 5.82 Å². The van der Waals surface area contributed by atoms with Crippen LogP contribution in [0.5, 0.6) is 0 Å². The molecule has 0 aliphatic carbocycles. The first-order chi connectivity index (χ1) is 12.1. The largest absolute Gasteiger partial charge is 0.350 e. The Bertz CT molecular complexity index is 1050. The summed E-state index contributed by atoms with van der Waals surface area (Å²) >= 11 is 1.21. The van der Waals surface area contributed by atoms with E-state index in [1.807, 2.05) is 48.2 Å². The molecule has 1 fully saturated rings. The lowest BCUT2D eigenvalue weighted by Gasteiger charge is -1.97. The van der Waals surface area contributed by atoms with Crippen molar-refractivity contribution in [2.24, 2.45) is 12.0 Å². The number of amidine groups is 1. The smallest absolute Gasteiger partial charge is 0.264 e. The number of hydrogen-bond donors (Lipinski definition) is 1. The first-order valence-electron chi connectivity index (χ1n) is 7.70. The average molecular weight is 351 g/mol. The Balaban J connectivity index is 1.69. The third-order valence-corrected chi connectivity index (χ3v) is 4.85. The number of rotatable bonds is 2. The molecule has 2 aromatic carbocycles. The standard InChI is InChI=1S/C19H14FN3OS/c1-23-11-12(13-6-2-5-9-16(13)23)10-17-18(24)22-19(25-17)21-15-8-4-3-7-14(15)20/h2-11H,1H3,(H,21,22,24)/b17-10+. The second kappa shape index (κ2) is 6.22. The number of aliphatic imine (C=N–C) groups is 1. The highest BCUT2D eigenvalue weighted by molar-refractivity contribution is 8.18. The molecule has 0 spiro atoms. The molecule has 124 valence electrons. The molecule has 6 heteroatoms. The van der Waals surface area contributed by atoms with E-state index in [0.717, 1.165) is 16.5 Å². The summed E-state index contributed by atoms with van der Waals surface area (Å²) in [6, 6.07) is 14.2. The predicted molar refractivity (Wildman–Crippen MR) is 100 cm³/mol. The minimum absolute atomic E-state index is 0.205. The summed E-state index contributed by atoms with van der Waals surface area (Å²) in [5, 5.41) is 4.14. The number of amides is 1. The van der Waals surface area contributed by atoms with Gasteiger partial charge in [0.05, 0.1) is 4.91 Å². The van der Waals surface area contributed by atoms with Crippen molar-refractivity contribution < 1.29 is 9.18 Å². The molecule has 0 atom stereocenters. The molecule has 1 amide bonds. The summed E-state index contributed by atoms with van der Waals surface area (Å²) in [6.07, 6.45) is 3.82. The lowest BCUT2D eigenvalue weighted by molar-refractivity contribution is -0.115. The molecule has 25 heavy (non-hydrogen) atoms. The summed E-state index contributed by atoms with van der Waals surface area (Å²) in [6.45, 7) is 0. The number of para-hydroxylation sites is 2. The first-order valence-corrected chi connectivity index (χ1v) is 8.51. The highest BCUT2D eigenvalue weighted by atomic mass is 32.2. The van der Waals surface area contributed by atoms with Crippen LogP contribution in [0.4, 0.5) is 10.1 Å². The van der Waals surface area contributed by atoms with Crippen molar-refractivity contribution in [2.45, 2.75) is 0 Å². The Morgan fingerprint density at radius 2 is 1.92 bits per heavy atom. The van der Waals surface area contributed by atoms with Gasteiger partial charge >= 0.3 is 0 Å². The number of carbonyl (C=O) groups excluding carboxylic acids is 1. The highest BCUT2D eigenvalue weighted by Gasteiger charge is 2.24. The van der Waals surface area contributed by atoms with Gasteiger partial charge in [0.1, 0.15) is 11.5 Å². The fourth-order valence-electron chi connectivity index (χ4n) is 2.76. The quantitative estimate of drug-likeness (QED) is 0.703. The number of aryl methyl sites for hydroxylation is 1. The number of hydrogen-bond acceptors (Lipinski definition) is 3. The molecule has 1 aromatic heterocycles. The molecule has 1 saturated heterocycles. The van der Waals surface area contributed by atoms with Gasteiger partial charge in [-0.05, 0) is 36.0 Å². The number of nitrogens with zero attached hydrogens (tertiary/aromatic N) is 2. The molecule has 1 aliphatic heterocycles. The number of carbonyl (C=O) groups is 1. The predicted octanol–water partition coefficient (Wildman–Crippen LogP) is 4.21. The highest BCUT2D eigenvalue weighted by Crippen LogP contribution is 2.31. The number of aromatic nitrogens is 1. The van der Waals surface area contributed by atoms with Crippen molar-refractivity contribution in [2.75, 3.05) is 0 Å². The third kappa shape index (κ3) is 2.96. The monoisotopic (exact) mass is 351 g/mol. The van der Waals surface area contributed by atoms with Crippen LogP contribution in [-0.2, 0) is 11.8 Å². The van der Waals surface area contributed by atoms with Crippen LogP contribution in [0.25, 0.3) is 17.0 Å². The van der Waals surface area contributed by atoms with Gasteiger partial charge in [-0.3, -0.25) is 4.79 Å². The molecule has 0 radical (unpaired) electrons. The molecule has 0 bridgehead atoms. The fourth-order valence-corrected chi connectivity index (χ4v) is 3.59. The van der Waals surface area contributed by atoms with E-state index < -0.39 is 5.82 Å². The van der Waals surface area contributed by atoms with E-state index in [-0.39, 0.29) is 11.6 Å². The van der Waals surface area contributed by atoms with Crippen LogP contribution in [0.1, 0.15) is 5.56 Å². The van der Waals surface area contributed by atoms with Gasteiger partial charge in [-0.2, -0.15) is 0 Å². The maximum Gasteiger partial charge on any atom is 0.264 e. The summed E-state index contributed by atoms with van der Waals surface area (Å²) in [4.78, 5) is 17.0. The molecule has 4 nitrogen and oxygen atoms in total. The van der Waals surface area contributed by atoms with Crippen LogP contribution in [0.15, 0.2) is 64.6 Å². The average Bonchev–Trinajstić information content (AvgIpc) is 3.11. The van der Waals surface area contributed by atoms with Gasteiger partial charge in [0.15, 0.2) is 5.17 Å². The molecule has 0 unspecified atom stereocenters. The van der Waals surface area contributed by atoms with Crippen molar-refractivity contribution in [3.05, 3.63) is 71.0 Å². The van der Waals surface area contributed by atoms with E-state index in [9.17, 15) is 9.18 Å². The van der Waals surface area contributed by atoms with E-state index in [1.54, 1.807) is 18.2 Å². The summed E-state index contributed by atoms with van der Waals surface area (Å²) in [7, 11) is 1.97. The van der Waals surface area contributed by atoms with Gasteiger partial charge in [-0.1, -0.05) is 30.3 Å². The fraction of sp³-hybridized carbons (Fsp3) is 0.0526. The SMILES string of the molecule is Cn1cc(/C=C2/SC(=Nc3ccccc3F)NC2=O)c2ccccc21. The zero-order chi connectivity index (χ0) is 17.4. The maximum absolute atomic E-state index is 13.7. The van der Waals surface area contributed by atoms with Gasteiger partial charge in [0.2, 0.25) is 0 Å². The van der Waals surface area contributed by atoms with E-state index in [0.29, 0.717) is 10.1 Å². The van der Waals surface area contributed by atoms with Gasteiger partial charge < -0.3 is 9.88 Å². The van der Waals surface area contributed by atoms with Crippen LogP contribution >= 0.6 is 11.8 Å².